The molecule has 78 valence electrons. The van der Waals surface area contributed by atoms with Crippen LogP contribution in [0.1, 0.15) is 13.8 Å². The zero-order valence-corrected chi connectivity index (χ0v) is 8.99. The number of morpholine rings is 1. The van der Waals surface area contributed by atoms with Crippen LogP contribution in [0.25, 0.3) is 0 Å². The highest BCUT2D eigenvalue weighted by molar-refractivity contribution is 5.55. The number of hydrogen-bond acceptors (Lipinski definition) is 3. The monoisotopic (exact) mass is 194 g/mol. The predicted molar refractivity (Wildman–Crippen MR) is 59.5 cm³/mol. The van der Waals surface area contributed by atoms with Crippen LogP contribution in [0.4, 0.5) is 0 Å². The van der Waals surface area contributed by atoms with Crippen molar-refractivity contribution in [3.8, 4) is 0 Å². The van der Waals surface area contributed by atoms with Crippen molar-refractivity contribution < 1.29 is 4.74 Å². The lowest BCUT2D eigenvalue weighted by molar-refractivity contribution is 0.0528. The lowest BCUT2D eigenvalue weighted by Crippen LogP contribution is -2.35. The molecular weight excluding hydrogens is 176 g/mol. The molecular formula is C11H18N2O. The number of hydrogen-bond donors (Lipinski definition) is 0. The van der Waals surface area contributed by atoms with Crippen molar-refractivity contribution >= 4 is 6.21 Å². The number of allylic oxidation sites excluding steroid dienone is 2. The first-order chi connectivity index (χ1) is 6.79. The second-order valence-corrected chi connectivity index (χ2v) is 3.20. The van der Waals surface area contributed by atoms with E-state index in [4.69, 9.17) is 4.74 Å². The molecule has 0 N–H and O–H groups in total. The van der Waals surface area contributed by atoms with E-state index in [9.17, 15) is 0 Å². The van der Waals surface area contributed by atoms with Crippen LogP contribution in [-0.4, -0.2) is 37.4 Å². The molecule has 3 nitrogen and oxygen atoms in total. The summed E-state index contributed by atoms with van der Waals surface area (Å²) >= 11 is 0. The topological polar surface area (TPSA) is 24.8 Å². The van der Waals surface area contributed by atoms with Gasteiger partial charge in [0.25, 0.3) is 0 Å². The molecule has 1 rings (SSSR count). The standard InChI is InChI=1S/C11H18N2O/c1-4-10(3)11(12-5-2)13-6-8-14-9-7-13/h4-5H,1,6-9H2,2-3H3/b11-10+,12-5-. The Labute approximate surface area is 85.8 Å². The summed E-state index contributed by atoms with van der Waals surface area (Å²) in [5.41, 5.74) is 1.12. The number of nitrogens with zero attached hydrogens (tertiary/aromatic N) is 2. The Morgan fingerprint density at radius 1 is 1.43 bits per heavy atom. The maximum Gasteiger partial charge on any atom is 0.131 e. The van der Waals surface area contributed by atoms with Crippen LogP contribution in [0.2, 0.25) is 0 Å². The number of aliphatic imine (C=N–C) groups is 1. The maximum absolute atomic E-state index is 5.30. The molecule has 1 heterocycles. The van der Waals surface area contributed by atoms with E-state index in [1.54, 1.807) is 0 Å². The van der Waals surface area contributed by atoms with E-state index in [1.807, 2.05) is 26.1 Å². The predicted octanol–water partition coefficient (Wildman–Crippen LogP) is 1.83. The Morgan fingerprint density at radius 2 is 2.07 bits per heavy atom. The van der Waals surface area contributed by atoms with E-state index in [1.165, 1.54) is 0 Å². The van der Waals surface area contributed by atoms with Crippen molar-refractivity contribution in [2.75, 3.05) is 26.3 Å². The number of ether oxygens (including phenoxy) is 1. The summed E-state index contributed by atoms with van der Waals surface area (Å²) in [6.07, 6.45) is 3.66. The van der Waals surface area contributed by atoms with Crippen LogP contribution in [-0.2, 0) is 4.74 Å². The first-order valence-electron chi connectivity index (χ1n) is 4.94. The van der Waals surface area contributed by atoms with Gasteiger partial charge in [-0.05, 0) is 19.4 Å². The smallest absolute Gasteiger partial charge is 0.131 e. The molecule has 14 heavy (non-hydrogen) atoms. The van der Waals surface area contributed by atoms with Crippen LogP contribution in [0.15, 0.2) is 29.0 Å². The van der Waals surface area contributed by atoms with Crippen LogP contribution in [0.5, 0.6) is 0 Å². The van der Waals surface area contributed by atoms with Gasteiger partial charge in [0, 0.05) is 19.3 Å². The fraction of sp³-hybridized carbons (Fsp3) is 0.545. The molecule has 1 saturated heterocycles. The molecule has 1 fully saturated rings. The molecule has 1 aliphatic rings. The zero-order chi connectivity index (χ0) is 10.4. The summed E-state index contributed by atoms with van der Waals surface area (Å²) in [6.45, 7) is 11.1. The van der Waals surface area contributed by atoms with Crippen LogP contribution in [0.3, 0.4) is 0 Å². The minimum atomic E-state index is 0.785. The normalized spacial score (nSPS) is 19.7. The van der Waals surface area contributed by atoms with Gasteiger partial charge in [-0.25, -0.2) is 4.99 Å². The summed E-state index contributed by atoms with van der Waals surface area (Å²) in [6, 6.07) is 0. The highest BCUT2D eigenvalue weighted by Crippen LogP contribution is 2.14. The van der Waals surface area contributed by atoms with E-state index in [-0.39, 0.29) is 0 Å². The molecule has 0 atom stereocenters. The van der Waals surface area contributed by atoms with Gasteiger partial charge in [0.05, 0.1) is 13.2 Å². The third-order valence-corrected chi connectivity index (χ3v) is 2.22. The van der Waals surface area contributed by atoms with Gasteiger partial charge in [0.15, 0.2) is 0 Å². The summed E-state index contributed by atoms with van der Waals surface area (Å²) in [7, 11) is 0. The third-order valence-electron chi connectivity index (χ3n) is 2.22. The summed E-state index contributed by atoms with van der Waals surface area (Å²) in [5, 5.41) is 0. The van der Waals surface area contributed by atoms with Gasteiger partial charge >= 0.3 is 0 Å². The molecule has 0 saturated carbocycles. The van der Waals surface area contributed by atoms with Crippen molar-refractivity contribution in [3.05, 3.63) is 24.0 Å². The first kappa shape index (κ1) is 11.0. The van der Waals surface area contributed by atoms with Crippen molar-refractivity contribution in [1.29, 1.82) is 0 Å². The van der Waals surface area contributed by atoms with E-state index in [2.05, 4.69) is 16.5 Å². The SMILES string of the molecule is C=C/C(C)=C(\N=C/C)N1CCOCC1. The van der Waals surface area contributed by atoms with E-state index in [0.717, 1.165) is 37.7 Å². The Hall–Kier alpha value is -1.09. The lowest BCUT2D eigenvalue weighted by atomic mass is 10.2. The summed E-state index contributed by atoms with van der Waals surface area (Å²) < 4.78 is 5.30. The van der Waals surface area contributed by atoms with Crippen molar-refractivity contribution in [2.24, 2.45) is 4.99 Å². The largest absolute Gasteiger partial charge is 0.378 e. The Morgan fingerprint density at radius 3 is 2.57 bits per heavy atom. The van der Waals surface area contributed by atoms with Gasteiger partial charge in [-0.15, -0.1) is 0 Å². The summed E-state index contributed by atoms with van der Waals surface area (Å²) in [4.78, 5) is 6.61. The maximum atomic E-state index is 5.30. The fourth-order valence-corrected chi connectivity index (χ4v) is 1.42. The van der Waals surface area contributed by atoms with Crippen LogP contribution >= 0.6 is 0 Å². The van der Waals surface area contributed by atoms with Crippen molar-refractivity contribution in [2.45, 2.75) is 13.8 Å². The van der Waals surface area contributed by atoms with E-state index < -0.39 is 0 Å². The van der Waals surface area contributed by atoms with Crippen molar-refractivity contribution in [3.63, 3.8) is 0 Å². The molecule has 0 aliphatic carbocycles. The average molecular weight is 194 g/mol. The Balaban J connectivity index is 2.80. The molecule has 0 aromatic heterocycles. The van der Waals surface area contributed by atoms with Gasteiger partial charge in [-0.1, -0.05) is 12.7 Å². The molecule has 0 bridgehead atoms. The highest BCUT2D eigenvalue weighted by Gasteiger charge is 2.13. The molecule has 0 aromatic rings. The lowest BCUT2D eigenvalue weighted by Gasteiger charge is -2.29. The minimum absolute atomic E-state index is 0.785. The molecule has 3 heteroatoms. The van der Waals surface area contributed by atoms with E-state index >= 15 is 0 Å². The number of rotatable bonds is 3. The first-order valence-corrected chi connectivity index (χ1v) is 4.94. The van der Waals surface area contributed by atoms with Gasteiger partial charge in [0.2, 0.25) is 0 Å². The average Bonchev–Trinajstić information content (AvgIpc) is 2.26. The van der Waals surface area contributed by atoms with Gasteiger partial charge in [0.1, 0.15) is 5.82 Å². The van der Waals surface area contributed by atoms with Crippen LogP contribution in [0, 0.1) is 0 Å². The third kappa shape index (κ3) is 2.70. The molecule has 1 aliphatic heterocycles. The molecule has 0 amide bonds. The second kappa shape index (κ2) is 5.60. The molecule has 0 aromatic carbocycles. The zero-order valence-electron chi connectivity index (χ0n) is 8.99. The van der Waals surface area contributed by atoms with Crippen LogP contribution < -0.4 is 0 Å². The van der Waals surface area contributed by atoms with Crippen molar-refractivity contribution in [1.82, 2.24) is 4.90 Å². The van der Waals surface area contributed by atoms with Gasteiger partial charge in [-0.3, -0.25) is 0 Å². The van der Waals surface area contributed by atoms with Gasteiger partial charge < -0.3 is 9.64 Å². The molecule has 0 spiro atoms. The molecule has 0 radical (unpaired) electrons. The summed E-state index contributed by atoms with van der Waals surface area (Å²) in [5.74, 6) is 1.02. The fourth-order valence-electron chi connectivity index (χ4n) is 1.42. The Kier molecular flexibility index (Phi) is 4.40. The minimum Gasteiger partial charge on any atom is -0.378 e. The highest BCUT2D eigenvalue weighted by atomic mass is 16.5. The second-order valence-electron chi connectivity index (χ2n) is 3.20. The molecule has 0 unspecified atom stereocenters. The van der Waals surface area contributed by atoms with E-state index in [0.29, 0.717) is 0 Å². The Bertz CT molecular complexity index is 250. The van der Waals surface area contributed by atoms with Gasteiger partial charge in [-0.2, -0.15) is 0 Å². The quantitative estimate of drug-likeness (QED) is 0.506.